The number of hydrogen-bond donors (Lipinski definition) is 1. The molecule has 1 aromatic heterocycles. The van der Waals surface area contributed by atoms with Crippen LogP contribution in [0, 0.1) is 0 Å². The summed E-state index contributed by atoms with van der Waals surface area (Å²) in [5, 5.41) is 8.58. The van der Waals surface area contributed by atoms with E-state index in [9.17, 15) is 9.59 Å². The number of hydrogen-bond acceptors (Lipinski definition) is 6. The fourth-order valence-electron chi connectivity index (χ4n) is 2.28. The highest BCUT2D eigenvalue weighted by Crippen LogP contribution is 2.19. The highest BCUT2D eigenvalue weighted by Gasteiger charge is 2.09. The summed E-state index contributed by atoms with van der Waals surface area (Å²) in [6, 6.07) is 16.4. The number of carbonyl (C=O) groups is 1. The molecular formula is C19H17N3O3S. The number of benzene rings is 2. The third-order valence-electron chi connectivity index (χ3n) is 3.56. The third-order valence-corrected chi connectivity index (χ3v) is 4.50. The van der Waals surface area contributed by atoms with Crippen molar-refractivity contribution in [1.29, 1.82) is 0 Å². The minimum absolute atomic E-state index is 0.272. The van der Waals surface area contributed by atoms with Crippen molar-refractivity contribution in [1.82, 2.24) is 15.2 Å². The van der Waals surface area contributed by atoms with Crippen LogP contribution >= 0.6 is 11.8 Å². The predicted octanol–water partition coefficient (Wildman–Crippen LogP) is 3.30. The molecule has 2 aromatic carbocycles. The lowest BCUT2D eigenvalue weighted by Crippen LogP contribution is -2.14. The van der Waals surface area contributed by atoms with Gasteiger partial charge >= 0.3 is 5.97 Å². The second-order valence-electron chi connectivity index (χ2n) is 5.38. The molecule has 0 atom stereocenters. The predicted molar refractivity (Wildman–Crippen MR) is 100 cm³/mol. The van der Waals surface area contributed by atoms with Gasteiger partial charge in [0.1, 0.15) is 0 Å². The molecule has 3 aromatic rings. The van der Waals surface area contributed by atoms with Gasteiger partial charge in [-0.15, -0.1) is 10.2 Å². The molecule has 0 unspecified atom stereocenters. The van der Waals surface area contributed by atoms with Crippen LogP contribution in [-0.2, 0) is 10.5 Å². The Balaban J connectivity index is 1.66. The summed E-state index contributed by atoms with van der Waals surface area (Å²) < 4.78 is 4.96. The standard InChI is InChI=1S/C19H17N3O3S/c1-2-25-18(24)15-10-8-13(9-11-15)12-26-19-20-17(23)16(21-22-19)14-6-4-3-5-7-14/h3-11H,2,12H2,1H3,(H,20,22,23). The van der Waals surface area contributed by atoms with Gasteiger partial charge in [0.05, 0.1) is 12.2 Å². The molecular weight excluding hydrogens is 350 g/mol. The van der Waals surface area contributed by atoms with Crippen molar-refractivity contribution in [3.05, 3.63) is 76.1 Å². The monoisotopic (exact) mass is 367 g/mol. The topological polar surface area (TPSA) is 84.9 Å². The number of carbonyl (C=O) groups excluding carboxylic acids is 1. The lowest BCUT2D eigenvalue weighted by molar-refractivity contribution is 0.0526. The maximum absolute atomic E-state index is 12.2. The highest BCUT2D eigenvalue weighted by atomic mass is 32.2. The van der Waals surface area contributed by atoms with Crippen LogP contribution in [0.15, 0.2) is 64.5 Å². The van der Waals surface area contributed by atoms with Crippen molar-refractivity contribution in [2.24, 2.45) is 0 Å². The van der Waals surface area contributed by atoms with Crippen LogP contribution in [-0.4, -0.2) is 27.8 Å². The lowest BCUT2D eigenvalue weighted by atomic mass is 10.1. The molecule has 0 spiro atoms. The van der Waals surface area contributed by atoms with Gasteiger partial charge in [-0.3, -0.25) is 9.78 Å². The van der Waals surface area contributed by atoms with E-state index in [0.717, 1.165) is 11.1 Å². The Morgan fingerprint density at radius 2 is 1.81 bits per heavy atom. The first-order chi connectivity index (χ1) is 12.7. The Kier molecular flexibility index (Phi) is 5.80. The lowest BCUT2D eigenvalue weighted by Gasteiger charge is -2.04. The van der Waals surface area contributed by atoms with E-state index in [1.807, 2.05) is 42.5 Å². The molecule has 1 N–H and O–H groups in total. The fraction of sp³-hybridized carbons (Fsp3) is 0.158. The number of thioether (sulfide) groups is 1. The summed E-state index contributed by atoms with van der Waals surface area (Å²) in [5.74, 6) is 0.261. The fourth-order valence-corrected chi connectivity index (χ4v) is 3.03. The summed E-state index contributed by atoms with van der Waals surface area (Å²) in [7, 11) is 0. The molecule has 6 nitrogen and oxygen atoms in total. The van der Waals surface area contributed by atoms with E-state index in [0.29, 0.717) is 28.8 Å². The van der Waals surface area contributed by atoms with Gasteiger partial charge in [0.2, 0.25) is 0 Å². The SMILES string of the molecule is CCOC(=O)c1ccc(CSc2nnc(-c3ccccc3)c(=O)[nH]2)cc1. The van der Waals surface area contributed by atoms with Crippen molar-refractivity contribution >= 4 is 17.7 Å². The summed E-state index contributed by atoms with van der Waals surface area (Å²) in [6.45, 7) is 2.12. The van der Waals surface area contributed by atoms with E-state index in [4.69, 9.17) is 4.74 Å². The number of nitrogens with zero attached hydrogens (tertiary/aromatic N) is 2. The molecule has 0 fully saturated rings. The molecule has 3 rings (SSSR count). The molecule has 0 saturated carbocycles. The summed E-state index contributed by atoms with van der Waals surface area (Å²) in [4.78, 5) is 26.6. The van der Waals surface area contributed by atoms with Crippen molar-refractivity contribution in [2.45, 2.75) is 17.8 Å². The highest BCUT2D eigenvalue weighted by molar-refractivity contribution is 7.98. The zero-order chi connectivity index (χ0) is 18.4. The van der Waals surface area contributed by atoms with Gasteiger partial charge in [-0.25, -0.2) is 4.79 Å². The summed E-state index contributed by atoms with van der Waals surface area (Å²) >= 11 is 1.37. The van der Waals surface area contributed by atoms with Gasteiger partial charge < -0.3 is 4.74 Å². The Morgan fingerprint density at radius 3 is 2.46 bits per heavy atom. The quantitative estimate of drug-likeness (QED) is 0.531. The van der Waals surface area contributed by atoms with Gasteiger partial charge in [-0.2, -0.15) is 0 Å². The molecule has 0 radical (unpaired) electrons. The molecule has 1 heterocycles. The van der Waals surface area contributed by atoms with Crippen LogP contribution in [0.4, 0.5) is 0 Å². The third kappa shape index (κ3) is 4.37. The summed E-state index contributed by atoms with van der Waals surface area (Å²) in [6.07, 6.45) is 0. The Morgan fingerprint density at radius 1 is 1.08 bits per heavy atom. The Labute approximate surface area is 154 Å². The Bertz CT molecular complexity index is 940. The molecule has 0 aliphatic rings. The average molecular weight is 367 g/mol. The largest absolute Gasteiger partial charge is 0.462 e. The van der Waals surface area contributed by atoms with Crippen molar-refractivity contribution in [3.8, 4) is 11.3 Å². The molecule has 0 amide bonds. The maximum Gasteiger partial charge on any atom is 0.338 e. The average Bonchev–Trinajstić information content (AvgIpc) is 2.68. The van der Waals surface area contributed by atoms with Crippen LogP contribution in [0.25, 0.3) is 11.3 Å². The van der Waals surface area contributed by atoms with Crippen molar-refractivity contribution < 1.29 is 9.53 Å². The number of H-pyrrole nitrogens is 1. The normalized spacial score (nSPS) is 10.5. The number of aromatic amines is 1. The van der Waals surface area contributed by atoms with Crippen molar-refractivity contribution in [2.75, 3.05) is 6.61 Å². The van der Waals surface area contributed by atoms with Crippen LogP contribution in [0.5, 0.6) is 0 Å². The number of nitrogens with one attached hydrogen (secondary N) is 1. The second-order valence-corrected chi connectivity index (χ2v) is 6.34. The van der Waals surface area contributed by atoms with E-state index in [1.54, 1.807) is 19.1 Å². The first-order valence-corrected chi connectivity index (χ1v) is 9.07. The molecule has 132 valence electrons. The number of ether oxygens (including phenoxy) is 1. The van der Waals surface area contributed by atoms with Gasteiger partial charge in [-0.05, 0) is 24.6 Å². The smallest absolute Gasteiger partial charge is 0.338 e. The number of esters is 1. The molecule has 0 bridgehead atoms. The molecule has 26 heavy (non-hydrogen) atoms. The van der Waals surface area contributed by atoms with E-state index in [1.165, 1.54) is 11.8 Å². The minimum atomic E-state index is -0.335. The van der Waals surface area contributed by atoms with Gasteiger partial charge in [0.25, 0.3) is 5.56 Å². The van der Waals surface area contributed by atoms with E-state index in [2.05, 4.69) is 15.2 Å². The molecule has 7 heteroatoms. The zero-order valence-corrected chi connectivity index (χ0v) is 15.0. The molecule has 0 saturated heterocycles. The zero-order valence-electron chi connectivity index (χ0n) is 14.1. The first kappa shape index (κ1) is 17.9. The number of rotatable bonds is 6. The van der Waals surface area contributed by atoms with E-state index < -0.39 is 0 Å². The molecule has 0 aliphatic heterocycles. The minimum Gasteiger partial charge on any atom is -0.462 e. The van der Waals surface area contributed by atoms with Crippen molar-refractivity contribution in [3.63, 3.8) is 0 Å². The van der Waals surface area contributed by atoms with E-state index >= 15 is 0 Å². The molecule has 0 aliphatic carbocycles. The number of aromatic nitrogens is 3. The van der Waals surface area contributed by atoms with E-state index in [-0.39, 0.29) is 11.5 Å². The maximum atomic E-state index is 12.2. The summed E-state index contributed by atoms with van der Waals surface area (Å²) in [5.41, 5.74) is 2.27. The van der Waals surface area contributed by atoms with Crippen LogP contribution in [0.1, 0.15) is 22.8 Å². The van der Waals surface area contributed by atoms with Crippen LogP contribution < -0.4 is 5.56 Å². The second kappa shape index (κ2) is 8.44. The Hall–Kier alpha value is -2.93. The van der Waals surface area contributed by atoms with Gasteiger partial charge in [0, 0.05) is 11.3 Å². The first-order valence-electron chi connectivity index (χ1n) is 8.08. The van der Waals surface area contributed by atoms with Gasteiger partial charge in [-0.1, -0.05) is 54.2 Å². The van der Waals surface area contributed by atoms with Gasteiger partial charge in [0.15, 0.2) is 10.9 Å². The van der Waals surface area contributed by atoms with Crippen LogP contribution in [0.2, 0.25) is 0 Å². The van der Waals surface area contributed by atoms with Crippen LogP contribution in [0.3, 0.4) is 0 Å².